The monoisotopic (exact) mass is 254 g/mol. The summed E-state index contributed by atoms with van der Waals surface area (Å²) in [7, 11) is 0. The Balaban J connectivity index is 2.41. The number of carbonyl (C=O) groups is 1. The first-order valence-corrected chi connectivity index (χ1v) is 6.16. The summed E-state index contributed by atoms with van der Waals surface area (Å²) < 4.78 is 1.62. The molecule has 18 heavy (non-hydrogen) atoms. The van der Waals surface area contributed by atoms with Gasteiger partial charge in [-0.2, -0.15) is 5.10 Å². The Kier molecular flexibility index (Phi) is 5.27. The van der Waals surface area contributed by atoms with Crippen LogP contribution in [0.15, 0.2) is 12.7 Å². The van der Waals surface area contributed by atoms with Crippen molar-refractivity contribution in [3.63, 3.8) is 0 Å². The highest BCUT2D eigenvalue weighted by atomic mass is 16.3. The van der Waals surface area contributed by atoms with Crippen molar-refractivity contribution in [3.8, 4) is 0 Å². The van der Waals surface area contributed by atoms with E-state index < -0.39 is 0 Å². The van der Waals surface area contributed by atoms with Crippen LogP contribution in [0.25, 0.3) is 0 Å². The van der Waals surface area contributed by atoms with Crippen molar-refractivity contribution in [1.82, 2.24) is 20.1 Å². The number of hydrogen-bond acceptors (Lipinski definition) is 4. The zero-order valence-electron chi connectivity index (χ0n) is 11.3. The van der Waals surface area contributed by atoms with Crippen molar-refractivity contribution in [1.29, 1.82) is 0 Å². The number of aromatic nitrogens is 3. The highest BCUT2D eigenvalue weighted by Gasteiger charge is 2.25. The quantitative estimate of drug-likeness (QED) is 0.778. The van der Waals surface area contributed by atoms with Gasteiger partial charge in [0.15, 0.2) is 0 Å². The van der Waals surface area contributed by atoms with Crippen molar-refractivity contribution >= 4 is 5.91 Å². The van der Waals surface area contributed by atoms with Crippen LogP contribution in [-0.4, -0.2) is 38.4 Å². The Morgan fingerprint density at radius 1 is 1.50 bits per heavy atom. The largest absolute Gasteiger partial charge is 0.396 e. The Labute approximate surface area is 107 Å². The smallest absolute Gasteiger partial charge is 0.222 e. The van der Waals surface area contributed by atoms with Crippen LogP contribution < -0.4 is 5.32 Å². The van der Waals surface area contributed by atoms with Crippen LogP contribution in [0.4, 0.5) is 0 Å². The SMILES string of the molecule is CC(C)(C)C(CCO)NC(=O)CCn1cncn1. The molecule has 1 rings (SSSR count). The summed E-state index contributed by atoms with van der Waals surface area (Å²) in [6, 6.07) is -0.0225. The van der Waals surface area contributed by atoms with E-state index in [0.29, 0.717) is 19.4 Å². The number of rotatable bonds is 6. The first-order valence-electron chi connectivity index (χ1n) is 6.16. The van der Waals surface area contributed by atoms with E-state index >= 15 is 0 Å². The maximum Gasteiger partial charge on any atom is 0.222 e. The van der Waals surface area contributed by atoms with Gasteiger partial charge in [-0.1, -0.05) is 20.8 Å². The van der Waals surface area contributed by atoms with Gasteiger partial charge >= 0.3 is 0 Å². The summed E-state index contributed by atoms with van der Waals surface area (Å²) in [5, 5.41) is 15.9. The molecule has 1 amide bonds. The third-order valence-electron chi connectivity index (χ3n) is 2.83. The van der Waals surface area contributed by atoms with Crippen LogP contribution in [-0.2, 0) is 11.3 Å². The predicted octanol–water partition coefficient (Wildman–Crippen LogP) is 0.581. The summed E-state index contributed by atoms with van der Waals surface area (Å²) in [6.07, 6.45) is 3.96. The van der Waals surface area contributed by atoms with E-state index in [0.717, 1.165) is 0 Å². The molecule has 1 heterocycles. The van der Waals surface area contributed by atoms with Crippen molar-refractivity contribution < 1.29 is 9.90 Å². The van der Waals surface area contributed by atoms with Crippen LogP contribution in [0.5, 0.6) is 0 Å². The molecule has 0 aliphatic heterocycles. The minimum absolute atomic E-state index is 0.0225. The second-order valence-electron chi connectivity index (χ2n) is 5.41. The van der Waals surface area contributed by atoms with Gasteiger partial charge in [0.2, 0.25) is 5.91 Å². The second-order valence-corrected chi connectivity index (χ2v) is 5.41. The van der Waals surface area contributed by atoms with Gasteiger partial charge in [-0.3, -0.25) is 9.48 Å². The van der Waals surface area contributed by atoms with Gasteiger partial charge in [0.05, 0.1) is 6.54 Å². The number of aliphatic hydroxyl groups is 1. The number of aryl methyl sites for hydroxylation is 1. The summed E-state index contributed by atoms with van der Waals surface area (Å²) in [6.45, 7) is 6.73. The summed E-state index contributed by atoms with van der Waals surface area (Å²) in [5.41, 5.74) is -0.0638. The van der Waals surface area contributed by atoms with Crippen LogP contribution in [0.3, 0.4) is 0 Å². The molecular weight excluding hydrogens is 232 g/mol. The van der Waals surface area contributed by atoms with E-state index in [4.69, 9.17) is 5.11 Å². The maximum atomic E-state index is 11.8. The summed E-state index contributed by atoms with van der Waals surface area (Å²) >= 11 is 0. The molecule has 0 saturated carbocycles. The van der Waals surface area contributed by atoms with E-state index in [-0.39, 0.29) is 24.0 Å². The maximum absolute atomic E-state index is 11.8. The average Bonchev–Trinajstić information content (AvgIpc) is 2.77. The minimum atomic E-state index is -0.0638. The lowest BCUT2D eigenvalue weighted by molar-refractivity contribution is -0.123. The van der Waals surface area contributed by atoms with Gasteiger partial charge in [-0.05, 0) is 11.8 Å². The number of hydrogen-bond donors (Lipinski definition) is 2. The Morgan fingerprint density at radius 3 is 2.72 bits per heavy atom. The molecule has 0 spiro atoms. The lowest BCUT2D eigenvalue weighted by Crippen LogP contribution is -2.44. The van der Waals surface area contributed by atoms with Gasteiger partial charge in [-0.15, -0.1) is 0 Å². The van der Waals surface area contributed by atoms with Crippen molar-refractivity contribution in [2.75, 3.05) is 6.61 Å². The second kappa shape index (κ2) is 6.49. The Morgan fingerprint density at radius 2 is 2.22 bits per heavy atom. The Bertz CT molecular complexity index is 357. The third kappa shape index (κ3) is 4.83. The van der Waals surface area contributed by atoms with Crippen LogP contribution in [0, 0.1) is 5.41 Å². The lowest BCUT2D eigenvalue weighted by Gasteiger charge is -2.31. The molecule has 6 heteroatoms. The van der Waals surface area contributed by atoms with Crippen LogP contribution in [0.1, 0.15) is 33.6 Å². The molecule has 0 fully saturated rings. The van der Waals surface area contributed by atoms with Gasteiger partial charge in [0, 0.05) is 19.1 Å². The van der Waals surface area contributed by atoms with Gasteiger partial charge in [0.1, 0.15) is 12.7 Å². The van der Waals surface area contributed by atoms with Gasteiger partial charge in [-0.25, -0.2) is 4.98 Å². The van der Waals surface area contributed by atoms with E-state index in [1.165, 1.54) is 6.33 Å². The molecule has 0 aliphatic carbocycles. The lowest BCUT2D eigenvalue weighted by atomic mass is 9.85. The summed E-state index contributed by atoms with van der Waals surface area (Å²) in [5.74, 6) is -0.0288. The van der Waals surface area contributed by atoms with Crippen LogP contribution in [0.2, 0.25) is 0 Å². The molecule has 0 aliphatic rings. The van der Waals surface area contributed by atoms with E-state index in [2.05, 4.69) is 15.4 Å². The molecule has 102 valence electrons. The van der Waals surface area contributed by atoms with E-state index in [1.54, 1.807) is 11.0 Å². The molecule has 0 radical (unpaired) electrons. The molecule has 0 aromatic carbocycles. The molecule has 0 bridgehead atoms. The fourth-order valence-electron chi connectivity index (χ4n) is 1.68. The van der Waals surface area contributed by atoms with E-state index in [1.807, 2.05) is 20.8 Å². The molecular formula is C12H22N4O2. The predicted molar refractivity (Wildman–Crippen MR) is 67.7 cm³/mol. The molecule has 0 saturated heterocycles. The van der Waals surface area contributed by atoms with Gasteiger partial charge < -0.3 is 10.4 Å². The zero-order chi connectivity index (χ0) is 13.6. The minimum Gasteiger partial charge on any atom is -0.396 e. The summed E-state index contributed by atoms with van der Waals surface area (Å²) in [4.78, 5) is 15.6. The van der Waals surface area contributed by atoms with Crippen molar-refractivity contribution in [2.24, 2.45) is 5.41 Å². The molecule has 1 atom stereocenters. The highest BCUT2D eigenvalue weighted by Crippen LogP contribution is 2.21. The molecule has 1 unspecified atom stereocenters. The number of aliphatic hydroxyl groups excluding tert-OH is 1. The van der Waals surface area contributed by atoms with Gasteiger partial charge in [0.25, 0.3) is 0 Å². The number of nitrogens with zero attached hydrogens (tertiary/aromatic N) is 3. The normalized spacial score (nSPS) is 13.3. The number of amides is 1. The van der Waals surface area contributed by atoms with Crippen LogP contribution >= 0.6 is 0 Å². The molecule has 1 aromatic heterocycles. The number of nitrogens with one attached hydrogen (secondary N) is 1. The average molecular weight is 254 g/mol. The molecule has 6 nitrogen and oxygen atoms in total. The first kappa shape index (κ1) is 14.6. The standard InChI is InChI=1S/C12H22N4O2/c1-12(2,3)10(5-7-17)15-11(18)4-6-16-9-13-8-14-16/h8-10,17H,4-7H2,1-3H3,(H,15,18). The third-order valence-corrected chi connectivity index (χ3v) is 2.83. The number of carbonyl (C=O) groups excluding carboxylic acids is 1. The first-order chi connectivity index (χ1) is 8.43. The van der Waals surface area contributed by atoms with Crippen molar-refractivity contribution in [3.05, 3.63) is 12.7 Å². The van der Waals surface area contributed by atoms with E-state index in [9.17, 15) is 4.79 Å². The topological polar surface area (TPSA) is 80.0 Å². The highest BCUT2D eigenvalue weighted by molar-refractivity contribution is 5.76. The van der Waals surface area contributed by atoms with Crippen molar-refractivity contribution in [2.45, 2.75) is 46.2 Å². The Hall–Kier alpha value is -1.43. The molecule has 1 aromatic rings. The fraction of sp³-hybridized carbons (Fsp3) is 0.750. The fourth-order valence-corrected chi connectivity index (χ4v) is 1.68. The molecule has 2 N–H and O–H groups in total. The zero-order valence-corrected chi connectivity index (χ0v) is 11.3.